The number of hydrogen-bond donors (Lipinski definition) is 2. The molecule has 0 aliphatic heterocycles. The summed E-state index contributed by atoms with van der Waals surface area (Å²) in [7, 11) is 3.73. The average Bonchev–Trinajstić information content (AvgIpc) is 2.82. The molecule has 200 valence electrons. The SMILES string of the molecule is CN(C)CC(O)COc1ccc(Nc2nccc(N(CCCC(F)(F)F)c3cc(Cl)ccc3Cl)n2)cc1. The predicted octanol–water partition coefficient (Wildman–Crippen LogP) is 6.31. The Morgan fingerprint density at radius 3 is 2.49 bits per heavy atom. The summed E-state index contributed by atoms with van der Waals surface area (Å²) in [6.45, 7) is 0.662. The molecule has 0 saturated carbocycles. The maximum atomic E-state index is 12.8. The van der Waals surface area contributed by atoms with Gasteiger partial charge in [-0.3, -0.25) is 0 Å². The summed E-state index contributed by atoms with van der Waals surface area (Å²) < 4.78 is 44.0. The molecule has 3 aromatic rings. The number of hydrogen-bond acceptors (Lipinski definition) is 7. The number of likely N-dealkylation sites (N-methyl/N-ethyl adjacent to an activating group) is 1. The van der Waals surface area contributed by atoms with Gasteiger partial charge in [0.05, 0.1) is 10.7 Å². The Kier molecular flexibility index (Phi) is 10.2. The molecule has 0 amide bonds. The van der Waals surface area contributed by atoms with Crippen molar-refractivity contribution >= 4 is 46.3 Å². The van der Waals surface area contributed by atoms with Gasteiger partial charge in [0.25, 0.3) is 0 Å². The van der Waals surface area contributed by atoms with Gasteiger partial charge in [-0.15, -0.1) is 0 Å². The predicted molar refractivity (Wildman–Crippen MR) is 141 cm³/mol. The van der Waals surface area contributed by atoms with Crippen LogP contribution in [-0.4, -0.2) is 66.0 Å². The first-order chi connectivity index (χ1) is 17.5. The molecule has 0 aliphatic carbocycles. The zero-order valence-electron chi connectivity index (χ0n) is 20.3. The average molecular weight is 558 g/mol. The van der Waals surface area contributed by atoms with Crippen molar-refractivity contribution in [1.82, 2.24) is 14.9 Å². The zero-order chi connectivity index (χ0) is 27.0. The Hall–Kier alpha value is -2.79. The molecule has 2 N–H and O–H groups in total. The third-order valence-electron chi connectivity index (χ3n) is 5.09. The van der Waals surface area contributed by atoms with Gasteiger partial charge in [0.15, 0.2) is 0 Å². The summed E-state index contributed by atoms with van der Waals surface area (Å²) in [6, 6.07) is 13.4. The molecule has 0 saturated heterocycles. The standard InChI is InChI=1S/C25H28Cl2F3N5O2/c1-34(2)15-19(36)16-37-20-7-5-18(6-8-20)32-24-31-12-10-23(33-24)35(13-3-11-25(28,29)30)22-14-17(26)4-9-21(22)27/h4-10,12,14,19,36H,3,11,13,15-16H2,1-2H3,(H,31,32,33). The van der Waals surface area contributed by atoms with Gasteiger partial charge in [-0.1, -0.05) is 23.2 Å². The van der Waals surface area contributed by atoms with Crippen LogP contribution < -0.4 is 15.0 Å². The Labute approximate surface area is 223 Å². The lowest BCUT2D eigenvalue weighted by atomic mass is 10.2. The largest absolute Gasteiger partial charge is 0.491 e. The van der Waals surface area contributed by atoms with Crippen LogP contribution in [0.3, 0.4) is 0 Å². The second-order valence-electron chi connectivity index (χ2n) is 8.58. The van der Waals surface area contributed by atoms with E-state index in [-0.39, 0.29) is 25.5 Å². The minimum Gasteiger partial charge on any atom is -0.491 e. The summed E-state index contributed by atoms with van der Waals surface area (Å²) in [4.78, 5) is 12.2. The first-order valence-corrected chi connectivity index (χ1v) is 12.2. The molecule has 1 aromatic heterocycles. The quantitative estimate of drug-likeness (QED) is 0.270. The van der Waals surface area contributed by atoms with Crippen LogP contribution >= 0.6 is 23.2 Å². The van der Waals surface area contributed by atoms with E-state index in [1.807, 2.05) is 19.0 Å². The fourth-order valence-corrected chi connectivity index (χ4v) is 3.86. The van der Waals surface area contributed by atoms with Crippen molar-refractivity contribution in [3.05, 3.63) is 64.8 Å². The fourth-order valence-electron chi connectivity index (χ4n) is 3.48. The molecule has 1 heterocycles. The van der Waals surface area contributed by atoms with E-state index in [0.29, 0.717) is 39.5 Å². The molecule has 37 heavy (non-hydrogen) atoms. The van der Waals surface area contributed by atoms with Crippen molar-refractivity contribution in [3.8, 4) is 5.75 Å². The molecule has 0 aliphatic rings. The van der Waals surface area contributed by atoms with Gasteiger partial charge in [0.1, 0.15) is 24.3 Å². The number of aromatic nitrogens is 2. The van der Waals surface area contributed by atoms with E-state index in [1.54, 1.807) is 53.4 Å². The Balaban J connectivity index is 1.74. The highest BCUT2D eigenvalue weighted by atomic mass is 35.5. The summed E-state index contributed by atoms with van der Waals surface area (Å²) in [5.74, 6) is 1.19. The molecule has 2 aromatic carbocycles. The topological polar surface area (TPSA) is 73.8 Å². The molecule has 0 bridgehead atoms. The Bertz CT molecular complexity index is 1150. The van der Waals surface area contributed by atoms with Gasteiger partial charge < -0.3 is 25.0 Å². The first-order valence-electron chi connectivity index (χ1n) is 11.5. The number of alkyl halides is 3. The molecular formula is C25H28Cl2F3N5O2. The van der Waals surface area contributed by atoms with Gasteiger partial charge >= 0.3 is 6.18 Å². The fraction of sp³-hybridized carbons (Fsp3) is 0.360. The van der Waals surface area contributed by atoms with E-state index in [9.17, 15) is 18.3 Å². The molecule has 7 nitrogen and oxygen atoms in total. The maximum absolute atomic E-state index is 12.8. The second kappa shape index (κ2) is 13.1. The highest BCUT2D eigenvalue weighted by Gasteiger charge is 2.27. The van der Waals surface area contributed by atoms with Crippen molar-refractivity contribution in [2.24, 2.45) is 0 Å². The first kappa shape index (κ1) is 28.8. The van der Waals surface area contributed by atoms with Crippen molar-refractivity contribution < 1.29 is 23.0 Å². The van der Waals surface area contributed by atoms with Crippen molar-refractivity contribution in [2.45, 2.75) is 25.1 Å². The van der Waals surface area contributed by atoms with Crippen molar-refractivity contribution in [1.29, 1.82) is 0 Å². The molecule has 1 unspecified atom stereocenters. The van der Waals surface area contributed by atoms with Crippen LogP contribution in [0.1, 0.15) is 12.8 Å². The van der Waals surface area contributed by atoms with E-state index < -0.39 is 18.7 Å². The lowest BCUT2D eigenvalue weighted by Crippen LogP contribution is -2.30. The number of halogens is 5. The molecule has 0 spiro atoms. The van der Waals surface area contributed by atoms with Crippen LogP contribution in [0.25, 0.3) is 0 Å². The van der Waals surface area contributed by atoms with Crippen LogP contribution in [0, 0.1) is 0 Å². The number of nitrogens with zero attached hydrogens (tertiary/aromatic N) is 4. The summed E-state index contributed by atoms with van der Waals surface area (Å²) in [5.41, 5.74) is 1.11. The Morgan fingerprint density at radius 2 is 1.81 bits per heavy atom. The van der Waals surface area contributed by atoms with Crippen molar-refractivity contribution in [2.75, 3.05) is 44.0 Å². The van der Waals surface area contributed by atoms with Gasteiger partial charge in [-0.05, 0) is 69.0 Å². The smallest absolute Gasteiger partial charge is 0.389 e. The van der Waals surface area contributed by atoms with E-state index in [0.717, 1.165) is 0 Å². The minimum absolute atomic E-state index is 0.0156. The molecule has 0 radical (unpaired) electrons. The number of benzene rings is 2. The van der Waals surface area contributed by atoms with E-state index >= 15 is 0 Å². The zero-order valence-corrected chi connectivity index (χ0v) is 21.9. The number of rotatable bonds is 12. The van der Waals surface area contributed by atoms with Crippen LogP contribution in [0.2, 0.25) is 10.0 Å². The lowest BCUT2D eigenvalue weighted by molar-refractivity contribution is -0.134. The monoisotopic (exact) mass is 557 g/mol. The number of anilines is 4. The van der Waals surface area contributed by atoms with Crippen LogP contribution in [0.5, 0.6) is 5.75 Å². The highest BCUT2D eigenvalue weighted by Crippen LogP contribution is 2.34. The van der Waals surface area contributed by atoms with Gasteiger partial charge in [0.2, 0.25) is 5.95 Å². The van der Waals surface area contributed by atoms with Gasteiger partial charge in [-0.25, -0.2) is 4.98 Å². The van der Waals surface area contributed by atoms with E-state index in [1.165, 1.54) is 6.20 Å². The molecule has 3 rings (SSSR count). The van der Waals surface area contributed by atoms with Gasteiger partial charge in [0, 0.05) is 36.4 Å². The minimum atomic E-state index is -4.28. The van der Waals surface area contributed by atoms with E-state index in [2.05, 4.69) is 15.3 Å². The summed E-state index contributed by atoms with van der Waals surface area (Å²) >= 11 is 12.5. The second-order valence-corrected chi connectivity index (χ2v) is 9.42. The third kappa shape index (κ3) is 9.55. The highest BCUT2D eigenvalue weighted by molar-refractivity contribution is 6.35. The molecular weight excluding hydrogens is 530 g/mol. The normalized spacial score (nSPS) is 12.5. The Morgan fingerprint density at radius 1 is 1.08 bits per heavy atom. The van der Waals surface area contributed by atoms with Crippen LogP contribution in [0.4, 0.5) is 36.3 Å². The molecule has 0 fully saturated rings. The van der Waals surface area contributed by atoms with E-state index in [4.69, 9.17) is 27.9 Å². The maximum Gasteiger partial charge on any atom is 0.389 e. The molecule has 12 heteroatoms. The third-order valence-corrected chi connectivity index (χ3v) is 5.64. The number of ether oxygens (including phenoxy) is 1. The summed E-state index contributed by atoms with van der Waals surface area (Å²) in [6.07, 6.45) is -4.50. The number of nitrogens with one attached hydrogen (secondary N) is 1. The van der Waals surface area contributed by atoms with Gasteiger partial charge in [-0.2, -0.15) is 18.2 Å². The number of aliphatic hydroxyl groups excluding tert-OH is 1. The van der Waals surface area contributed by atoms with Crippen LogP contribution in [0.15, 0.2) is 54.7 Å². The number of aliphatic hydroxyl groups is 1. The lowest BCUT2D eigenvalue weighted by Gasteiger charge is -2.25. The molecule has 1 atom stereocenters. The summed E-state index contributed by atoms with van der Waals surface area (Å²) in [5, 5.41) is 13.7. The van der Waals surface area contributed by atoms with Crippen LogP contribution in [-0.2, 0) is 0 Å². The van der Waals surface area contributed by atoms with Crippen molar-refractivity contribution in [3.63, 3.8) is 0 Å².